The molecule has 0 aromatic heterocycles. The first-order valence-electron chi connectivity index (χ1n) is 8.57. The van der Waals surface area contributed by atoms with Crippen LogP contribution in [0.4, 0.5) is 10.5 Å². The number of anilines is 1. The van der Waals surface area contributed by atoms with Crippen LogP contribution in [0.5, 0.6) is 5.75 Å². The van der Waals surface area contributed by atoms with E-state index in [2.05, 4.69) is 21.2 Å². The van der Waals surface area contributed by atoms with Crippen LogP contribution in [0.25, 0.3) is 0 Å². The molecule has 1 heterocycles. The first-order chi connectivity index (χ1) is 14.4. The van der Waals surface area contributed by atoms with Crippen molar-refractivity contribution in [1.82, 2.24) is 10.7 Å². The van der Waals surface area contributed by atoms with Gasteiger partial charge >= 0.3 is 5.97 Å². The molecule has 0 saturated carbocycles. The van der Waals surface area contributed by atoms with E-state index >= 15 is 0 Å². The van der Waals surface area contributed by atoms with Gasteiger partial charge in [-0.25, -0.2) is 0 Å². The summed E-state index contributed by atoms with van der Waals surface area (Å²) in [5, 5.41) is 8.85. The molecule has 0 spiro atoms. The Morgan fingerprint density at radius 1 is 1.20 bits per heavy atom. The zero-order valence-corrected chi connectivity index (χ0v) is 17.6. The number of benzene rings is 2. The number of imide groups is 1. The fourth-order valence-electron chi connectivity index (χ4n) is 2.33. The van der Waals surface area contributed by atoms with Crippen molar-refractivity contribution in [3.8, 4) is 5.75 Å². The molecule has 30 heavy (non-hydrogen) atoms. The molecular weight excluding hydrogens is 448 g/mol. The van der Waals surface area contributed by atoms with Crippen LogP contribution in [0, 0.1) is 0 Å². The summed E-state index contributed by atoms with van der Waals surface area (Å²) in [5.74, 6) is -0.761. The number of hydrazone groups is 1. The Morgan fingerprint density at radius 3 is 2.53 bits per heavy atom. The largest absolute Gasteiger partial charge is 0.426 e. The van der Waals surface area contributed by atoms with Gasteiger partial charge in [0.25, 0.3) is 5.24 Å². The maximum absolute atomic E-state index is 11.9. The predicted molar refractivity (Wildman–Crippen MR) is 120 cm³/mol. The second-order valence-electron chi connectivity index (χ2n) is 5.96. The minimum absolute atomic E-state index is 0.187. The van der Waals surface area contributed by atoms with E-state index in [1.807, 2.05) is 0 Å². The van der Waals surface area contributed by atoms with E-state index in [0.717, 1.165) is 23.0 Å². The van der Waals surface area contributed by atoms with Crippen LogP contribution in [-0.4, -0.2) is 33.7 Å². The molecule has 1 fully saturated rings. The molecule has 0 radical (unpaired) electrons. The maximum atomic E-state index is 11.9. The Kier molecular flexibility index (Phi) is 7.39. The van der Waals surface area contributed by atoms with Gasteiger partial charge in [-0.05, 0) is 66.3 Å². The normalized spacial score (nSPS) is 15.7. The number of esters is 1. The van der Waals surface area contributed by atoms with Crippen molar-refractivity contribution in [1.29, 1.82) is 0 Å². The van der Waals surface area contributed by atoms with E-state index in [9.17, 15) is 14.4 Å². The average molecular weight is 463 g/mol. The zero-order chi connectivity index (χ0) is 21.5. The lowest BCUT2D eigenvalue weighted by Crippen LogP contribution is -2.27. The van der Waals surface area contributed by atoms with E-state index in [1.165, 1.54) is 0 Å². The van der Waals surface area contributed by atoms with Crippen molar-refractivity contribution in [2.75, 3.05) is 5.32 Å². The number of carbonyl (C=O) groups is 3. The first-order valence-corrected chi connectivity index (χ1v) is 10.2. The van der Waals surface area contributed by atoms with Crippen molar-refractivity contribution in [2.45, 2.75) is 11.7 Å². The summed E-state index contributed by atoms with van der Waals surface area (Å²) in [6.07, 6.45) is 1.36. The fraction of sp³-hybridized carbons (Fsp3) is 0.105. The summed E-state index contributed by atoms with van der Waals surface area (Å²) >= 11 is 11.8. The Labute approximate surface area is 186 Å². The number of hydrogen-bond donors (Lipinski definition) is 3. The van der Waals surface area contributed by atoms with Gasteiger partial charge in [0.2, 0.25) is 5.91 Å². The molecule has 2 amide bonds. The standard InChI is InChI=1S/C19H15ClN4O4S2/c20-12-3-5-13(6-4-12)22-18(29)24-21-10-11-1-7-14(8-2-11)28-16(25)9-15-17(26)23-19(27)30-15/h1-8,10,15H,9H2,(H2,22,24,29)(H,23,26,27)/b21-10+. The van der Waals surface area contributed by atoms with Crippen LogP contribution in [0.3, 0.4) is 0 Å². The lowest BCUT2D eigenvalue weighted by molar-refractivity contribution is -0.135. The van der Waals surface area contributed by atoms with Crippen LogP contribution in [0.15, 0.2) is 53.6 Å². The number of amides is 2. The minimum atomic E-state index is -0.757. The number of rotatable bonds is 6. The summed E-state index contributed by atoms with van der Waals surface area (Å²) in [7, 11) is 0. The lowest BCUT2D eigenvalue weighted by atomic mass is 10.2. The number of thiocarbonyl (C=S) groups is 1. The molecule has 3 N–H and O–H groups in total. The molecule has 1 aliphatic rings. The third kappa shape index (κ3) is 6.55. The van der Waals surface area contributed by atoms with Crippen LogP contribution in [0.2, 0.25) is 5.02 Å². The SMILES string of the molecule is O=C(CC1SC(=O)NC1=O)Oc1ccc(/C=N/NC(=S)Nc2ccc(Cl)cc2)cc1. The highest BCUT2D eigenvalue weighted by molar-refractivity contribution is 8.15. The number of nitrogens with zero attached hydrogens (tertiary/aromatic N) is 1. The molecule has 2 aromatic rings. The third-order valence-electron chi connectivity index (χ3n) is 3.71. The van der Waals surface area contributed by atoms with Crippen molar-refractivity contribution in [3.63, 3.8) is 0 Å². The van der Waals surface area contributed by atoms with Gasteiger partial charge in [-0.2, -0.15) is 5.10 Å². The molecule has 0 bridgehead atoms. The molecule has 8 nitrogen and oxygen atoms in total. The van der Waals surface area contributed by atoms with Crippen molar-refractivity contribution in [2.24, 2.45) is 5.10 Å². The summed E-state index contributed by atoms with van der Waals surface area (Å²) < 4.78 is 5.19. The van der Waals surface area contributed by atoms with Crippen molar-refractivity contribution < 1.29 is 19.1 Å². The number of thioether (sulfide) groups is 1. The highest BCUT2D eigenvalue weighted by Gasteiger charge is 2.33. The smallest absolute Gasteiger partial charge is 0.312 e. The molecule has 1 unspecified atom stereocenters. The van der Waals surface area contributed by atoms with Gasteiger partial charge in [0.05, 0.1) is 12.6 Å². The van der Waals surface area contributed by atoms with Crippen LogP contribution >= 0.6 is 35.6 Å². The molecular formula is C19H15ClN4O4S2. The zero-order valence-electron chi connectivity index (χ0n) is 15.3. The van der Waals surface area contributed by atoms with Gasteiger partial charge in [0.1, 0.15) is 11.0 Å². The monoisotopic (exact) mass is 462 g/mol. The molecule has 1 aliphatic heterocycles. The number of carbonyl (C=O) groups excluding carboxylic acids is 3. The molecule has 0 aliphatic carbocycles. The van der Waals surface area contributed by atoms with Gasteiger partial charge in [-0.3, -0.25) is 25.1 Å². The van der Waals surface area contributed by atoms with E-state index in [0.29, 0.717) is 15.9 Å². The van der Waals surface area contributed by atoms with Crippen LogP contribution < -0.4 is 20.8 Å². The number of nitrogens with one attached hydrogen (secondary N) is 3. The highest BCUT2D eigenvalue weighted by Crippen LogP contribution is 2.23. The van der Waals surface area contributed by atoms with Gasteiger partial charge in [-0.15, -0.1) is 0 Å². The summed E-state index contributed by atoms with van der Waals surface area (Å²) in [5.41, 5.74) is 4.21. The van der Waals surface area contributed by atoms with Gasteiger partial charge in [0.15, 0.2) is 5.11 Å². The number of hydrogen-bond acceptors (Lipinski definition) is 7. The molecule has 154 valence electrons. The van der Waals surface area contributed by atoms with Crippen molar-refractivity contribution in [3.05, 3.63) is 59.1 Å². The maximum Gasteiger partial charge on any atom is 0.312 e. The molecule has 3 rings (SSSR count). The minimum Gasteiger partial charge on any atom is -0.426 e. The van der Waals surface area contributed by atoms with E-state index in [-0.39, 0.29) is 6.42 Å². The van der Waals surface area contributed by atoms with E-state index in [4.69, 9.17) is 28.6 Å². The van der Waals surface area contributed by atoms with Gasteiger partial charge in [0, 0.05) is 10.7 Å². The molecule has 11 heteroatoms. The fourth-order valence-corrected chi connectivity index (χ4v) is 3.43. The summed E-state index contributed by atoms with van der Waals surface area (Å²) in [6, 6.07) is 13.6. The van der Waals surface area contributed by atoms with Gasteiger partial charge in [-0.1, -0.05) is 23.4 Å². The second kappa shape index (κ2) is 10.2. The third-order valence-corrected chi connectivity index (χ3v) is 5.14. The van der Waals surface area contributed by atoms with E-state index in [1.54, 1.807) is 54.7 Å². The quantitative estimate of drug-likeness (QED) is 0.197. The van der Waals surface area contributed by atoms with Crippen molar-refractivity contribution >= 4 is 69.7 Å². The summed E-state index contributed by atoms with van der Waals surface area (Å²) in [6.45, 7) is 0. The Morgan fingerprint density at radius 2 is 1.90 bits per heavy atom. The predicted octanol–water partition coefficient (Wildman–Crippen LogP) is 3.31. The van der Waals surface area contributed by atoms with Crippen LogP contribution in [-0.2, 0) is 9.59 Å². The molecule has 1 atom stereocenters. The molecule has 1 saturated heterocycles. The van der Waals surface area contributed by atoms with Gasteiger partial charge < -0.3 is 10.1 Å². The first kappa shape index (κ1) is 21.8. The Bertz CT molecular complexity index is 997. The Hall–Kier alpha value is -2.95. The van der Waals surface area contributed by atoms with Crippen LogP contribution in [0.1, 0.15) is 12.0 Å². The number of ether oxygens (including phenoxy) is 1. The second-order valence-corrected chi connectivity index (χ2v) is 7.98. The molecule has 2 aromatic carbocycles. The highest BCUT2D eigenvalue weighted by atomic mass is 35.5. The topological polar surface area (TPSA) is 109 Å². The Balaban J connectivity index is 1.45. The number of halogens is 1. The summed E-state index contributed by atoms with van der Waals surface area (Å²) in [4.78, 5) is 34.5. The van der Waals surface area contributed by atoms with E-state index < -0.39 is 22.4 Å². The average Bonchev–Trinajstić information content (AvgIpc) is 3.01. The lowest BCUT2D eigenvalue weighted by Gasteiger charge is -2.07.